The van der Waals surface area contributed by atoms with Gasteiger partial charge in [0.15, 0.2) is 0 Å². The highest BCUT2D eigenvalue weighted by Crippen LogP contribution is 2.25. The van der Waals surface area contributed by atoms with Crippen LogP contribution < -0.4 is 5.73 Å². The zero-order chi connectivity index (χ0) is 6.69. The summed E-state index contributed by atoms with van der Waals surface area (Å²) in [6.45, 7) is 0.529. The fraction of sp³-hybridized carbons (Fsp3) is 1.00. The smallest absolute Gasteiger partial charge is 0.104 e. The molecular weight excluding hydrogens is 117 g/mol. The van der Waals surface area contributed by atoms with Crippen LogP contribution in [0.5, 0.6) is 0 Å². The van der Waals surface area contributed by atoms with Crippen LogP contribution in [0, 0.1) is 5.92 Å². The molecule has 0 heterocycles. The lowest BCUT2D eigenvalue weighted by molar-refractivity contribution is 0.171. The Morgan fingerprint density at radius 2 is 2.00 bits per heavy atom. The average molecular weight is 131 g/mol. The molecule has 0 aliphatic heterocycles. The third-order valence-electron chi connectivity index (χ3n) is 2.12. The van der Waals surface area contributed by atoms with E-state index in [9.17, 15) is 4.39 Å². The molecule has 0 aromatic carbocycles. The molecule has 1 saturated carbocycles. The summed E-state index contributed by atoms with van der Waals surface area (Å²) < 4.78 is 12.8. The quantitative estimate of drug-likeness (QED) is 0.573. The predicted molar refractivity (Wildman–Crippen MR) is 35.9 cm³/mol. The Bertz CT molecular complexity index is 85.0. The fourth-order valence-corrected chi connectivity index (χ4v) is 1.43. The van der Waals surface area contributed by atoms with Crippen molar-refractivity contribution >= 4 is 0 Å². The second-order valence-electron chi connectivity index (χ2n) is 2.80. The summed E-state index contributed by atoms with van der Waals surface area (Å²) in [7, 11) is 0. The zero-order valence-corrected chi connectivity index (χ0v) is 5.65. The number of alkyl halides is 1. The highest BCUT2D eigenvalue weighted by atomic mass is 19.1. The maximum Gasteiger partial charge on any atom is 0.104 e. The molecule has 1 fully saturated rings. The van der Waals surface area contributed by atoms with Crippen molar-refractivity contribution in [2.75, 3.05) is 6.54 Å². The van der Waals surface area contributed by atoms with Gasteiger partial charge in [-0.25, -0.2) is 4.39 Å². The van der Waals surface area contributed by atoms with Crippen molar-refractivity contribution in [2.24, 2.45) is 11.7 Å². The van der Waals surface area contributed by atoms with Crippen LogP contribution in [0.1, 0.15) is 25.7 Å². The number of hydrogen-bond donors (Lipinski definition) is 1. The standard InChI is InChI=1S/C7H14FN/c8-7-4-2-1-3-6(7)5-9/h6-7H,1-5,9H2/t6-,7+/m1/s1. The van der Waals surface area contributed by atoms with Gasteiger partial charge in [-0.3, -0.25) is 0 Å². The summed E-state index contributed by atoms with van der Waals surface area (Å²) in [5.74, 6) is 0.166. The third-order valence-corrected chi connectivity index (χ3v) is 2.12. The molecule has 0 aromatic heterocycles. The van der Waals surface area contributed by atoms with E-state index in [0.29, 0.717) is 6.54 Å². The molecule has 54 valence electrons. The lowest BCUT2D eigenvalue weighted by Gasteiger charge is -2.23. The summed E-state index contributed by atoms with van der Waals surface area (Å²) >= 11 is 0. The van der Waals surface area contributed by atoms with Gasteiger partial charge in [-0.1, -0.05) is 12.8 Å². The van der Waals surface area contributed by atoms with Gasteiger partial charge in [0.2, 0.25) is 0 Å². The van der Waals surface area contributed by atoms with Gasteiger partial charge < -0.3 is 5.73 Å². The van der Waals surface area contributed by atoms with Crippen LogP contribution in [-0.4, -0.2) is 12.7 Å². The van der Waals surface area contributed by atoms with E-state index in [1.165, 1.54) is 6.42 Å². The molecule has 0 amide bonds. The van der Waals surface area contributed by atoms with Crippen molar-refractivity contribution in [1.29, 1.82) is 0 Å². The summed E-state index contributed by atoms with van der Waals surface area (Å²) in [5, 5.41) is 0. The molecular formula is C7H14FN. The van der Waals surface area contributed by atoms with E-state index in [-0.39, 0.29) is 5.92 Å². The molecule has 0 spiro atoms. The van der Waals surface area contributed by atoms with Gasteiger partial charge in [0.1, 0.15) is 6.17 Å². The molecule has 1 aliphatic carbocycles. The second kappa shape index (κ2) is 3.16. The van der Waals surface area contributed by atoms with Crippen LogP contribution in [0.4, 0.5) is 4.39 Å². The fourth-order valence-electron chi connectivity index (χ4n) is 1.43. The minimum atomic E-state index is -0.608. The molecule has 0 unspecified atom stereocenters. The number of hydrogen-bond acceptors (Lipinski definition) is 1. The highest BCUT2D eigenvalue weighted by molar-refractivity contribution is 4.74. The highest BCUT2D eigenvalue weighted by Gasteiger charge is 2.22. The lowest BCUT2D eigenvalue weighted by atomic mass is 9.88. The average Bonchev–Trinajstić information content (AvgIpc) is 1.89. The molecule has 9 heavy (non-hydrogen) atoms. The first-order chi connectivity index (χ1) is 4.34. The maximum atomic E-state index is 12.8. The first kappa shape index (κ1) is 7.00. The Kier molecular flexibility index (Phi) is 2.46. The topological polar surface area (TPSA) is 26.0 Å². The van der Waals surface area contributed by atoms with Crippen LogP contribution >= 0.6 is 0 Å². The van der Waals surface area contributed by atoms with Crippen LogP contribution in [0.3, 0.4) is 0 Å². The van der Waals surface area contributed by atoms with Crippen LogP contribution in [0.25, 0.3) is 0 Å². The Balaban J connectivity index is 2.30. The van der Waals surface area contributed by atoms with Gasteiger partial charge in [0.25, 0.3) is 0 Å². The van der Waals surface area contributed by atoms with Gasteiger partial charge in [-0.05, 0) is 19.4 Å². The Hall–Kier alpha value is -0.110. The molecule has 0 saturated heterocycles. The van der Waals surface area contributed by atoms with Crippen molar-refractivity contribution in [3.8, 4) is 0 Å². The summed E-state index contributed by atoms with van der Waals surface area (Å²) in [6, 6.07) is 0. The predicted octanol–water partition coefficient (Wildman–Crippen LogP) is 1.47. The molecule has 2 heteroatoms. The minimum absolute atomic E-state index is 0.166. The first-order valence-electron chi connectivity index (χ1n) is 3.68. The molecule has 0 radical (unpaired) electrons. The number of nitrogens with two attached hydrogens (primary N) is 1. The monoisotopic (exact) mass is 131 g/mol. The Morgan fingerprint density at radius 3 is 2.44 bits per heavy atom. The third kappa shape index (κ3) is 1.65. The summed E-state index contributed by atoms with van der Waals surface area (Å²) in [5.41, 5.74) is 5.35. The first-order valence-corrected chi connectivity index (χ1v) is 3.68. The van der Waals surface area contributed by atoms with Gasteiger partial charge in [0, 0.05) is 5.92 Å². The Labute approximate surface area is 55.4 Å². The minimum Gasteiger partial charge on any atom is -0.330 e. The van der Waals surface area contributed by atoms with Crippen molar-refractivity contribution in [2.45, 2.75) is 31.9 Å². The van der Waals surface area contributed by atoms with E-state index in [4.69, 9.17) is 5.73 Å². The number of rotatable bonds is 1. The SMILES string of the molecule is NC[C@H]1CCCC[C@@H]1F. The Morgan fingerprint density at radius 1 is 1.33 bits per heavy atom. The second-order valence-corrected chi connectivity index (χ2v) is 2.80. The summed E-state index contributed by atoms with van der Waals surface area (Å²) in [6.07, 6.45) is 3.35. The summed E-state index contributed by atoms with van der Waals surface area (Å²) in [4.78, 5) is 0. The van der Waals surface area contributed by atoms with Gasteiger partial charge >= 0.3 is 0 Å². The van der Waals surface area contributed by atoms with E-state index in [1.807, 2.05) is 0 Å². The van der Waals surface area contributed by atoms with Crippen LogP contribution in [-0.2, 0) is 0 Å². The van der Waals surface area contributed by atoms with Crippen molar-refractivity contribution < 1.29 is 4.39 Å². The normalized spacial score (nSPS) is 36.7. The molecule has 0 aromatic rings. The van der Waals surface area contributed by atoms with E-state index in [0.717, 1.165) is 19.3 Å². The van der Waals surface area contributed by atoms with Crippen molar-refractivity contribution in [1.82, 2.24) is 0 Å². The molecule has 1 aliphatic rings. The lowest BCUT2D eigenvalue weighted by Crippen LogP contribution is -2.27. The van der Waals surface area contributed by atoms with Crippen molar-refractivity contribution in [3.63, 3.8) is 0 Å². The molecule has 2 N–H and O–H groups in total. The maximum absolute atomic E-state index is 12.8. The molecule has 2 atom stereocenters. The molecule has 1 nitrogen and oxygen atoms in total. The van der Waals surface area contributed by atoms with Crippen LogP contribution in [0.15, 0.2) is 0 Å². The largest absolute Gasteiger partial charge is 0.330 e. The van der Waals surface area contributed by atoms with E-state index in [1.54, 1.807) is 0 Å². The molecule has 1 rings (SSSR count). The number of halogens is 1. The van der Waals surface area contributed by atoms with E-state index < -0.39 is 6.17 Å². The molecule has 0 bridgehead atoms. The van der Waals surface area contributed by atoms with E-state index in [2.05, 4.69) is 0 Å². The van der Waals surface area contributed by atoms with Crippen molar-refractivity contribution in [3.05, 3.63) is 0 Å². The van der Waals surface area contributed by atoms with Gasteiger partial charge in [-0.15, -0.1) is 0 Å². The van der Waals surface area contributed by atoms with Gasteiger partial charge in [0.05, 0.1) is 0 Å². The zero-order valence-electron chi connectivity index (χ0n) is 5.65. The van der Waals surface area contributed by atoms with Gasteiger partial charge in [-0.2, -0.15) is 0 Å². The van der Waals surface area contributed by atoms with Crippen LogP contribution in [0.2, 0.25) is 0 Å². The van der Waals surface area contributed by atoms with E-state index >= 15 is 0 Å².